The van der Waals surface area contributed by atoms with Crippen LogP contribution in [0.4, 0.5) is 11.4 Å². The third-order valence-electron chi connectivity index (χ3n) is 7.36. The zero-order valence-electron chi connectivity index (χ0n) is 24.8. The molecule has 8 heteroatoms. The van der Waals surface area contributed by atoms with Gasteiger partial charge in [-0.15, -0.1) is 5.41 Å². The van der Waals surface area contributed by atoms with Gasteiger partial charge in [0.2, 0.25) is 0 Å². The summed E-state index contributed by atoms with van der Waals surface area (Å²) in [6.45, 7) is 16.7. The van der Waals surface area contributed by atoms with Gasteiger partial charge in [0.15, 0.2) is 0 Å². The van der Waals surface area contributed by atoms with Gasteiger partial charge in [-0.05, 0) is 44.2 Å². The molecule has 0 aromatic heterocycles. The molecule has 3 aromatic carbocycles. The molecule has 5 nitrogen and oxygen atoms in total. The van der Waals surface area contributed by atoms with Crippen LogP contribution in [0.2, 0.25) is 0 Å². The van der Waals surface area contributed by atoms with E-state index in [4.69, 9.17) is 24.1 Å². The van der Waals surface area contributed by atoms with Gasteiger partial charge in [-0.3, -0.25) is 0 Å². The quantitative estimate of drug-likeness (QED) is 0.0975. The summed E-state index contributed by atoms with van der Waals surface area (Å²) >= 11 is -2.03. The van der Waals surface area contributed by atoms with E-state index in [0.29, 0.717) is 17.9 Å². The summed E-state index contributed by atoms with van der Waals surface area (Å²) in [7, 11) is 11.6. The molecule has 0 saturated carbocycles. The van der Waals surface area contributed by atoms with Crippen molar-refractivity contribution in [1.29, 1.82) is 0 Å². The van der Waals surface area contributed by atoms with Crippen molar-refractivity contribution in [2.45, 2.75) is 78.2 Å². The molecule has 224 valence electrons. The van der Waals surface area contributed by atoms with Crippen molar-refractivity contribution in [2.24, 2.45) is 0 Å². The molecule has 0 N–H and O–H groups in total. The van der Waals surface area contributed by atoms with E-state index in [0.717, 1.165) is 25.7 Å². The Labute approximate surface area is 258 Å². The third kappa shape index (κ3) is 8.40. The van der Waals surface area contributed by atoms with Crippen molar-refractivity contribution < 1.29 is 23.2 Å². The fourth-order valence-corrected chi connectivity index (χ4v) is 7.32. The minimum absolute atomic E-state index is 0.00356. The van der Waals surface area contributed by atoms with Crippen LogP contribution >= 0.6 is 19.4 Å². The van der Waals surface area contributed by atoms with Gasteiger partial charge in [-0.25, -0.2) is 6.54 Å². The van der Waals surface area contributed by atoms with E-state index in [-0.39, 0.29) is 16.6 Å². The van der Waals surface area contributed by atoms with Gasteiger partial charge >= 0.3 is 112 Å². The van der Waals surface area contributed by atoms with E-state index in [1.54, 1.807) is 10.7 Å². The minimum atomic E-state index is -2.03. The second-order valence-corrected chi connectivity index (χ2v) is 16.8. The molecule has 0 bridgehead atoms. The van der Waals surface area contributed by atoms with Gasteiger partial charge in [-0.2, -0.15) is 0 Å². The monoisotopic (exact) mass is 685 g/mol. The number of nitro groups is 1. The smallest absolute Gasteiger partial charge is 0.0140 e. The number of para-hydroxylation sites is 1. The molecule has 3 aromatic rings. The van der Waals surface area contributed by atoms with Crippen molar-refractivity contribution in [3.8, 4) is 5.75 Å². The van der Waals surface area contributed by atoms with E-state index < -0.39 is 18.4 Å². The number of nitrogens with zero attached hydrogens (tertiary/aromatic N) is 2. The molecule has 0 unspecified atom stereocenters. The zero-order chi connectivity index (χ0) is 30.2. The Hall–Kier alpha value is -2.27. The van der Waals surface area contributed by atoms with Crippen LogP contribution in [0, 0.1) is 16.7 Å². The number of rotatable bonds is 9. The van der Waals surface area contributed by atoms with E-state index >= 15 is 0 Å². The van der Waals surface area contributed by atoms with E-state index in [1.165, 1.54) is 34.5 Å². The van der Waals surface area contributed by atoms with E-state index in [1.807, 2.05) is 6.92 Å². The first-order chi connectivity index (χ1) is 19.5. The van der Waals surface area contributed by atoms with Crippen molar-refractivity contribution in [1.82, 2.24) is 0 Å². The van der Waals surface area contributed by atoms with Gasteiger partial charge < -0.3 is 4.90 Å². The van der Waals surface area contributed by atoms with Crippen LogP contribution in [0.5, 0.6) is 5.75 Å². The molecule has 0 amide bonds. The molecular formula is C33H41Cl2N2O3Ru-. The molecule has 0 aliphatic carbocycles. The number of hydrogen-bond acceptors (Lipinski definition) is 4. The van der Waals surface area contributed by atoms with Crippen LogP contribution in [-0.2, 0) is 31.8 Å². The number of anilines is 1. The van der Waals surface area contributed by atoms with Crippen molar-refractivity contribution in [2.75, 3.05) is 11.5 Å². The standard InChI is InChI=1S/C23H30N.C10H11NO3.2ClH.Ru/c1-6-18-12-11-13-19(7-2)21(18)24-17-23(5,16-22(24,3)4)20-14-9-8-10-15-20;1-3-6-14-10-5-4-9(11(12)13)7-8(10)2;;;/h8-15,17H,6-7,16H2,1-5H3;2,4-5,7H,3,6H2,1H3;2*1H;/q-1;;;;+2/p-2/t23-;;;;/m0..../s1. The first-order valence-electron chi connectivity index (χ1n) is 14.0. The zero-order valence-corrected chi connectivity index (χ0v) is 28.0. The van der Waals surface area contributed by atoms with Crippen molar-refractivity contribution in [3.63, 3.8) is 0 Å². The second-order valence-electron chi connectivity index (χ2n) is 11.0. The molecule has 1 saturated heterocycles. The fourth-order valence-electron chi connectivity index (χ4n) is 5.53. The number of non-ortho nitro benzene ring substituents is 1. The first-order valence-corrected chi connectivity index (χ1v) is 19.5. The molecule has 0 radical (unpaired) electrons. The van der Waals surface area contributed by atoms with Crippen molar-refractivity contribution in [3.05, 3.63) is 106 Å². The van der Waals surface area contributed by atoms with Gasteiger partial charge in [0, 0.05) is 11.2 Å². The van der Waals surface area contributed by atoms with Gasteiger partial charge in [0.25, 0.3) is 0 Å². The summed E-state index contributed by atoms with van der Waals surface area (Å²) in [6, 6.07) is 22.1. The predicted octanol–water partition coefficient (Wildman–Crippen LogP) is 9.38. The molecule has 1 fully saturated rings. The fraction of sp³-hybridized carbons (Fsp3) is 0.394. The van der Waals surface area contributed by atoms with Crippen LogP contribution in [0.1, 0.15) is 76.6 Å². The number of benzene rings is 3. The maximum atomic E-state index is 10.7. The van der Waals surface area contributed by atoms with Crippen molar-refractivity contribution >= 4 is 35.4 Å². The molecule has 4 rings (SSSR count). The molecule has 1 atom stereocenters. The maximum absolute atomic E-state index is 10.7. The van der Waals surface area contributed by atoms with E-state index in [9.17, 15) is 10.1 Å². The number of nitro benzene ring substituents is 1. The number of ether oxygens (including phenoxy) is 1. The molecular weight excluding hydrogens is 644 g/mol. The summed E-state index contributed by atoms with van der Waals surface area (Å²) < 4.78 is 7.12. The Morgan fingerprint density at radius 1 is 1.00 bits per heavy atom. The third-order valence-corrected chi connectivity index (χ3v) is 9.19. The summed E-state index contributed by atoms with van der Waals surface area (Å²) in [6.07, 6.45) is 4.14. The number of aryl methyl sites for hydroxylation is 2. The summed E-state index contributed by atoms with van der Waals surface area (Å²) in [5.74, 6) is 0.581. The van der Waals surface area contributed by atoms with Crippen LogP contribution in [0.25, 0.3) is 0 Å². The van der Waals surface area contributed by atoms with Crippen LogP contribution < -0.4 is 9.64 Å². The van der Waals surface area contributed by atoms with Gasteiger partial charge in [0.05, 0.1) is 0 Å². The summed E-state index contributed by atoms with van der Waals surface area (Å²) in [5, 5.41) is 10.7. The molecule has 1 aliphatic rings. The predicted molar refractivity (Wildman–Crippen MR) is 170 cm³/mol. The normalized spacial score (nSPS) is 17.9. The van der Waals surface area contributed by atoms with Crippen LogP contribution in [0.3, 0.4) is 0 Å². The topological polar surface area (TPSA) is 55.6 Å². The first kappa shape index (κ1) is 33.2. The Kier molecular flexibility index (Phi) is 12.0. The maximum Gasteiger partial charge on any atom is 0.0140 e. The Morgan fingerprint density at radius 2 is 1.63 bits per heavy atom. The van der Waals surface area contributed by atoms with Gasteiger partial charge in [0.1, 0.15) is 0 Å². The van der Waals surface area contributed by atoms with Crippen LogP contribution in [-0.4, -0.2) is 21.7 Å². The number of halogens is 2. The largest absolute Gasteiger partial charge is 0.517 e. The minimum Gasteiger partial charge on any atom is -0.517 e. The summed E-state index contributed by atoms with van der Waals surface area (Å²) in [4.78, 5) is 12.8. The molecule has 1 heterocycles. The summed E-state index contributed by atoms with van der Waals surface area (Å²) in [5.41, 5.74) is 6.54. The van der Waals surface area contributed by atoms with E-state index in [2.05, 4.69) is 94.6 Å². The SMILES string of the molecule is CCCOc1ccc([N+](=O)[O-])cc1[CH]=[Ru]([Cl])[Cl].CCc1cccc(CC)c1N1[CH-][C@@](C)(c2ccccc2)CC1(C)C. The molecule has 0 spiro atoms. The average molecular weight is 686 g/mol. The Balaban J connectivity index is 0.000000241. The Bertz CT molecular complexity index is 1340. The van der Waals surface area contributed by atoms with Crippen LogP contribution in [0.15, 0.2) is 66.7 Å². The van der Waals surface area contributed by atoms with Gasteiger partial charge in [-0.1, -0.05) is 74.9 Å². The number of hydrogen-bond donors (Lipinski definition) is 0. The molecule has 41 heavy (non-hydrogen) atoms. The molecule has 1 aliphatic heterocycles. The Morgan fingerprint density at radius 3 is 2.17 bits per heavy atom. The average Bonchev–Trinajstić information content (AvgIpc) is 3.21. The second kappa shape index (κ2) is 14.8.